The van der Waals surface area contributed by atoms with E-state index in [0.29, 0.717) is 5.56 Å². The maximum Gasteiger partial charge on any atom is 0.416 e. The Morgan fingerprint density at radius 2 is 1.95 bits per heavy atom. The van der Waals surface area contributed by atoms with Crippen LogP contribution in [-0.2, 0) is 6.18 Å². The second-order valence-corrected chi connectivity index (χ2v) is 5.24. The van der Waals surface area contributed by atoms with Crippen molar-refractivity contribution in [2.24, 2.45) is 0 Å². The van der Waals surface area contributed by atoms with Crippen LogP contribution < -0.4 is 5.73 Å². The molecule has 0 fully saturated rings. The molecule has 0 radical (unpaired) electrons. The fourth-order valence-electron chi connectivity index (χ4n) is 1.77. The van der Waals surface area contributed by atoms with Gasteiger partial charge in [0.1, 0.15) is 10.6 Å². The number of rotatable bonds is 3. The van der Waals surface area contributed by atoms with E-state index in [4.69, 9.17) is 5.73 Å². The molecule has 2 N–H and O–H groups in total. The molecule has 0 aliphatic heterocycles. The average Bonchev–Trinajstić information content (AvgIpc) is 2.45. The lowest BCUT2D eigenvalue weighted by Gasteiger charge is -2.12. The summed E-state index contributed by atoms with van der Waals surface area (Å²) in [6.45, 7) is 0. The first-order valence-corrected chi connectivity index (χ1v) is 6.77. The molecule has 0 bridgehead atoms. The molecular formula is C14H10BrF3N2O. The van der Waals surface area contributed by atoms with Crippen LogP contribution in [0.15, 0.2) is 42.6 Å². The van der Waals surface area contributed by atoms with Crippen molar-refractivity contribution in [3.63, 3.8) is 0 Å². The number of anilines is 1. The van der Waals surface area contributed by atoms with Crippen LogP contribution in [0.4, 0.5) is 19.0 Å². The zero-order chi connectivity index (χ0) is 15.6. The SMILES string of the molecule is Nc1cc([C@H](Br)C(=O)c2cccc(C(F)(F)F)c2)ccn1. The Bertz CT molecular complexity index is 673. The zero-order valence-corrected chi connectivity index (χ0v) is 12.1. The summed E-state index contributed by atoms with van der Waals surface area (Å²) in [5.74, 6) is -0.250. The highest BCUT2D eigenvalue weighted by Gasteiger charge is 2.31. The summed E-state index contributed by atoms with van der Waals surface area (Å²) in [5.41, 5.74) is 5.17. The van der Waals surface area contributed by atoms with Gasteiger partial charge in [-0.25, -0.2) is 4.98 Å². The number of nitrogens with two attached hydrogens (primary N) is 1. The van der Waals surface area contributed by atoms with Gasteiger partial charge in [0.15, 0.2) is 5.78 Å². The molecule has 2 aromatic rings. The Labute approximate surface area is 127 Å². The van der Waals surface area contributed by atoms with Crippen LogP contribution in [0.25, 0.3) is 0 Å². The maximum atomic E-state index is 12.7. The van der Waals surface area contributed by atoms with Gasteiger partial charge in [-0.15, -0.1) is 0 Å². The molecule has 1 atom stereocenters. The van der Waals surface area contributed by atoms with Crippen LogP contribution in [0, 0.1) is 0 Å². The predicted molar refractivity (Wildman–Crippen MR) is 76.1 cm³/mol. The van der Waals surface area contributed by atoms with Crippen LogP contribution >= 0.6 is 15.9 Å². The van der Waals surface area contributed by atoms with Gasteiger partial charge in [-0.1, -0.05) is 28.1 Å². The van der Waals surface area contributed by atoms with Crippen molar-refractivity contribution >= 4 is 27.5 Å². The number of benzene rings is 1. The number of nitrogens with zero attached hydrogens (tertiary/aromatic N) is 1. The molecule has 21 heavy (non-hydrogen) atoms. The molecule has 0 saturated heterocycles. The molecule has 7 heteroatoms. The van der Waals surface area contributed by atoms with Crippen molar-refractivity contribution in [3.8, 4) is 0 Å². The molecule has 1 aromatic heterocycles. The third kappa shape index (κ3) is 3.60. The number of ketones is 1. The largest absolute Gasteiger partial charge is 0.416 e. The highest BCUT2D eigenvalue weighted by molar-refractivity contribution is 9.09. The van der Waals surface area contributed by atoms with Crippen molar-refractivity contribution in [2.45, 2.75) is 11.0 Å². The summed E-state index contributed by atoms with van der Waals surface area (Å²) in [6.07, 6.45) is -3.06. The van der Waals surface area contributed by atoms with Crippen molar-refractivity contribution < 1.29 is 18.0 Å². The first kappa shape index (κ1) is 15.5. The second-order valence-electron chi connectivity index (χ2n) is 4.32. The summed E-state index contributed by atoms with van der Waals surface area (Å²) < 4.78 is 38.0. The van der Waals surface area contributed by atoms with Crippen molar-refractivity contribution in [1.29, 1.82) is 0 Å². The lowest BCUT2D eigenvalue weighted by Crippen LogP contribution is -2.11. The number of hydrogen-bond acceptors (Lipinski definition) is 3. The molecule has 3 nitrogen and oxygen atoms in total. The van der Waals surface area contributed by atoms with Crippen LogP contribution in [0.3, 0.4) is 0 Å². The van der Waals surface area contributed by atoms with E-state index in [9.17, 15) is 18.0 Å². The monoisotopic (exact) mass is 358 g/mol. The van der Waals surface area contributed by atoms with Crippen molar-refractivity contribution in [2.75, 3.05) is 5.73 Å². The summed E-state index contributed by atoms with van der Waals surface area (Å²) in [4.78, 5) is 15.3. The van der Waals surface area contributed by atoms with Gasteiger partial charge in [0, 0.05) is 11.8 Å². The van der Waals surface area contributed by atoms with Crippen LogP contribution in [-0.4, -0.2) is 10.8 Å². The first-order chi connectivity index (χ1) is 9.79. The third-order valence-electron chi connectivity index (χ3n) is 2.80. The van der Waals surface area contributed by atoms with E-state index in [1.165, 1.54) is 24.4 Å². The molecule has 110 valence electrons. The second kappa shape index (κ2) is 5.85. The van der Waals surface area contributed by atoms with E-state index in [2.05, 4.69) is 20.9 Å². The minimum Gasteiger partial charge on any atom is -0.384 e. The highest BCUT2D eigenvalue weighted by atomic mass is 79.9. The smallest absolute Gasteiger partial charge is 0.384 e. The van der Waals surface area contributed by atoms with Crippen LogP contribution in [0.2, 0.25) is 0 Å². The normalized spacial score (nSPS) is 13.0. The minimum atomic E-state index is -4.49. The molecule has 1 heterocycles. The molecular weight excluding hydrogens is 349 g/mol. The molecule has 0 amide bonds. The van der Waals surface area contributed by atoms with E-state index in [1.807, 2.05) is 0 Å². The maximum absolute atomic E-state index is 12.7. The standard InChI is InChI=1S/C14H10BrF3N2O/c15-12(8-4-5-20-11(19)7-8)13(21)9-2-1-3-10(6-9)14(16,17)18/h1-7,12H,(H2,19,20)/t12-/m0/s1. The molecule has 2 rings (SSSR count). The average molecular weight is 359 g/mol. The van der Waals surface area contributed by atoms with Gasteiger partial charge in [0.25, 0.3) is 0 Å². The van der Waals surface area contributed by atoms with Gasteiger partial charge in [-0.05, 0) is 29.8 Å². The topological polar surface area (TPSA) is 56.0 Å². The van der Waals surface area contributed by atoms with Gasteiger partial charge < -0.3 is 5.73 Å². The number of pyridine rings is 1. The number of hydrogen-bond donors (Lipinski definition) is 1. The van der Waals surface area contributed by atoms with E-state index in [-0.39, 0.29) is 11.4 Å². The Morgan fingerprint density at radius 3 is 2.57 bits per heavy atom. The number of carbonyl (C=O) groups is 1. The number of Topliss-reactive ketones (excluding diaryl/α,β-unsaturated/α-hetero) is 1. The van der Waals surface area contributed by atoms with E-state index in [0.717, 1.165) is 12.1 Å². The van der Waals surface area contributed by atoms with Crippen LogP contribution in [0.1, 0.15) is 26.3 Å². The first-order valence-electron chi connectivity index (χ1n) is 5.86. The Balaban J connectivity index is 2.32. The van der Waals surface area contributed by atoms with Gasteiger partial charge in [-0.3, -0.25) is 4.79 Å². The van der Waals surface area contributed by atoms with E-state index >= 15 is 0 Å². The molecule has 0 spiro atoms. The molecule has 0 unspecified atom stereocenters. The lowest BCUT2D eigenvalue weighted by molar-refractivity contribution is -0.137. The predicted octanol–water partition coefficient (Wildman–Crippen LogP) is 4.00. The third-order valence-corrected chi connectivity index (χ3v) is 3.75. The number of nitrogen functional groups attached to an aromatic ring is 1. The highest BCUT2D eigenvalue weighted by Crippen LogP contribution is 2.32. The van der Waals surface area contributed by atoms with Gasteiger partial charge >= 0.3 is 6.18 Å². The van der Waals surface area contributed by atoms with Crippen molar-refractivity contribution in [3.05, 3.63) is 59.3 Å². The van der Waals surface area contributed by atoms with Crippen LogP contribution in [0.5, 0.6) is 0 Å². The van der Waals surface area contributed by atoms with Gasteiger partial charge in [0.2, 0.25) is 0 Å². The minimum absolute atomic E-state index is 0.0258. The number of carbonyl (C=O) groups excluding carboxylic acids is 1. The molecule has 1 aromatic carbocycles. The number of aromatic nitrogens is 1. The van der Waals surface area contributed by atoms with Gasteiger partial charge in [0.05, 0.1) is 5.56 Å². The number of halogens is 4. The number of alkyl halides is 4. The summed E-state index contributed by atoms with van der Waals surface area (Å²) in [6, 6.07) is 7.37. The van der Waals surface area contributed by atoms with E-state index < -0.39 is 22.4 Å². The molecule has 0 aliphatic rings. The van der Waals surface area contributed by atoms with Gasteiger partial charge in [-0.2, -0.15) is 13.2 Å². The Morgan fingerprint density at radius 1 is 1.24 bits per heavy atom. The summed E-state index contributed by atoms with van der Waals surface area (Å²) in [7, 11) is 0. The molecule has 0 aliphatic carbocycles. The summed E-state index contributed by atoms with van der Waals surface area (Å²) >= 11 is 3.18. The Hall–Kier alpha value is -1.89. The quantitative estimate of drug-likeness (QED) is 0.666. The van der Waals surface area contributed by atoms with Crippen molar-refractivity contribution in [1.82, 2.24) is 4.98 Å². The zero-order valence-electron chi connectivity index (χ0n) is 10.6. The molecule has 0 saturated carbocycles. The summed E-state index contributed by atoms with van der Waals surface area (Å²) in [5, 5.41) is 0. The Kier molecular flexibility index (Phi) is 4.32. The fourth-order valence-corrected chi connectivity index (χ4v) is 2.32. The fraction of sp³-hybridized carbons (Fsp3) is 0.143. The lowest BCUT2D eigenvalue weighted by atomic mass is 10.0. The van der Waals surface area contributed by atoms with E-state index in [1.54, 1.807) is 6.07 Å².